The predicted molar refractivity (Wildman–Crippen MR) is 79.2 cm³/mol. The molecule has 0 radical (unpaired) electrons. The minimum Gasteiger partial charge on any atom is -0.464 e. The first-order valence-electron chi connectivity index (χ1n) is 7.60. The van der Waals surface area contributed by atoms with Gasteiger partial charge in [-0.25, -0.2) is 0 Å². The van der Waals surface area contributed by atoms with Crippen molar-refractivity contribution in [2.45, 2.75) is 45.6 Å². The van der Waals surface area contributed by atoms with Crippen molar-refractivity contribution in [1.29, 1.82) is 0 Å². The largest absolute Gasteiger partial charge is 0.464 e. The molecule has 0 spiro atoms. The van der Waals surface area contributed by atoms with Crippen molar-refractivity contribution in [1.82, 2.24) is 4.90 Å². The van der Waals surface area contributed by atoms with Crippen molar-refractivity contribution in [2.75, 3.05) is 13.6 Å². The normalized spacial score (nSPS) is 22.6. The topological polar surface area (TPSA) is 59.5 Å². The Morgan fingerprint density at radius 3 is 2.80 bits per heavy atom. The van der Waals surface area contributed by atoms with Crippen LogP contribution in [0.15, 0.2) is 16.5 Å². The van der Waals surface area contributed by atoms with Gasteiger partial charge < -0.3 is 15.1 Å². The van der Waals surface area contributed by atoms with Gasteiger partial charge in [-0.1, -0.05) is 20.3 Å². The third-order valence-corrected chi connectivity index (χ3v) is 4.20. The van der Waals surface area contributed by atoms with Crippen LogP contribution in [0, 0.1) is 11.8 Å². The first kappa shape index (κ1) is 15.1. The van der Waals surface area contributed by atoms with Gasteiger partial charge >= 0.3 is 0 Å². The fraction of sp³-hybridized carbons (Fsp3) is 0.688. The number of nitrogens with zero attached hydrogens (tertiary/aromatic N) is 1. The molecule has 0 saturated heterocycles. The summed E-state index contributed by atoms with van der Waals surface area (Å²) < 4.78 is 5.85. The summed E-state index contributed by atoms with van der Waals surface area (Å²) in [6.07, 6.45) is 3.04. The van der Waals surface area contributed by atoms with Crippen LogP contribution in [0.5, 0.6) is 0 Å². The third-order valence-electron chi connectivity index (χ3n) is 4.20. The molecule has 1 aliphatic rings. The Hall–Kier alpha value is -1.29. The maximum atomic E-state index is 12.3. The van der Waals surface area contributed by atoms with Gasteiger partial charge in [0.2, 0.25) is 5.91 Å². The maximum Gasteiger partial charge on any atom is 0.227 e. The number of amides is 1. The molecular formula is C16H26N2O2. The number of furan rings is 1. The van der Waals surface area contributed by atoms with Crippen molar-refractivity contribution in [2.24, 2.45) is 17.6 Å². The molecule has 20 heavy (non-hydrogen) atoms. The van der Waals surface area contributed by atoms with Gasteiger partial charge in [-0.05, 0) is 30.9 Å². The molecular weight excluding hydrogens is 252 g/mol. The third kappa shape index (κ3) is 3.42. The summed E-state index contributed by atoms with van der Waals surface area (Å²) in [4.78, 5) is 14.0. The highest BCUT2D eigenvalue weighted by Gasteiger charge is 2.36. The van der Waals surface area contributed by atoms with Gasteiger partial charge in [0.25, 0.3) is 0 Å². The van der Waals surface area contributed by atoms with Gasteiger partial charge in [0, 0.05) is 19.5 Å². The van der Waals surface area contributed by atoms with Crippen LogP contribution >= 0.6 is 0 Å². The standard InChI is InChI=1S/C16H26N2O2/c1-4-5-12(9-17)16(19)18(3)10-13-6-7-15(20-13)14-8-11(14)2/h6-7,11-12,14H,4-5,8-10,17H2,1-3H3. The van der Waals surface area contributed by atoms with Crippen LogP contribution in [0.4, 0.5) is 0 Å². The van der Waals surface area contributed by atoms with Gasteiger partial charge in [-0.15, -0.1) is 0 Å². The fourth-order valence-electron chi connectivity index (χ4n) is 2.71. The average Bonchev–Trinajstić information content (AvgIpc) is 2.98. The highest BCUT2D eigenvalue weighted by molar-refractivity contribution is 5.78. The second kappa shape index (κ2) is 6.44. The Morgan fingerprint density at radius 2 is 2.25 bits per heavy atom. The van der Waals surface area contributed by atoms with Crippen LogP contribution in [0.1, 0.15) is 50.5 Å². The fourth-order valence-corrected chi connectivity index (χ4v) is 2.71. The van der Waals surface area contributed by atoms with Crippen molar-refractivity contribution >= 4 is 5.91 Å². The summed E-state index contributed by atoms with van der Waals surface area (Å²) in [5, 5.41) is 0. The summed E-state index contributed by atoms with van der Waals surface area (Å²) in [6.45, 7) is 5.25. The number of hydrogen-bond donors (Lipinski definition) is 1. The SMILES string of the molecule is CCCC(CN)C(=O)N(C)Cc1ccc(C2CC2C)o1. The monoisotopic (exact) mass is 278 g/mol. The van der Waals surface area contributed by atoms with Crippen LogP contribution in [-0.2, 0) is 11.3 Å². The van der Waals surface area contributed by atoms with Crippen molar-refractivity contribution in [3.63, 3.8) is 0 Å². The van der Waals surface area contributed by atoms with E-state index in [9.17, 15) is 4.79 Å². The number of carbonyl (C=O) groups excluding carboxylic acids is 1. The van der Waals surface area contributed by atoms with Gasteiger partial charge in [0.1, 0.15) is 11.5 Å². The molecule has 0 aliphatic heterocycles. The molecule has 1 amide bonds. The van der Waals surface area contributed by atoms with Gasteiger partial charge in [-0.2, -0.15) is 0 Å². The van der Waals surface area contributed by atoms with Crippen LogP contribution in [0.25, 0.3) is 0 Å². The molecule has 3 atom stereocenters. The van der Waals surface area contributed by atoms with Crippen molar-refractivity contribution in [3.05, 3.63) is 23.7 Å². The zero-order valence-electron chi connectivity index (χ0n) is 12.8. The van der Waals surface area contributed by atoms with E-state index in [-0.39, 0.29) is 11.8 Å². The molecule has 1 saturated carbocycles. The van der Waals surface area contributed by atoms with Crippen LogP contribution in [0.2, 0.25) is 0 Å². The zero-order valence-corrected chi connectivity index (χ0v) is 12.8. The van der Waals surface area contributed by atoms with E-state index in [0.717, 1.165) is 30.3 Å². The highest BCUT2D eigenvalue weighted by atomic mass is 16.3. The van der Waals surface area contributed by atoms with Gasteiger partial charge in [0.15, 0.2) is 0 Å². The molecule has 2 rings (SSSR count). The lowest BCUT2D eigenvalue weighted by molar-refractivity contribution is -0.134. The Morgan fingerprint density at radius 1 is 1.55 bits per heavy atom. The molecule has 0 aromatic carbocycles. The Labute approximate surface area is 121 Å². The van der Waals surface area contributed by atoms with Gasteiger partial charge in [-0.3, -0.25) is 4.79 Å². The minimum atomic E-state index is -0.0668. The van der Waals surface area contributed by atoms with E-state index in [0.29, 0.717) is 19.0 Å². The molecule has 0 bridgehead atoms. The number of nitrogens with two attached hydrogens (primary N) is 1. The molecule has 1 aromatic rings. The van der Waals surface area contributed by atoms with E-state index in [4.69, 9.17) is 10.2 Å². The first-order chi connectivity index (χ1) is 9.56. The lowest BCUT2D eigenvalue weighted by atomic mass is 10.0. The Bertz CT molecular complexity index is 455. The van der Waals surface area contributed by atoms with E-state index >= 15 is 0 Å². The summed E-state index contributed by atoms with van der Waals surface area (Å²) >= 11 is 0. The van der Waals surface area contributed by atoms with E-state index in [1.165, 1.54) is 6.42 Å². The Kier molecular flexibility index (Phi) is 4.86. The maximum absolute atomic E-state index is 12.3. The molecule has 112 valence electrons. The summed E-state index contributed by atoms with van der Waals surface area (Å²) in [5.41, 5.74) is 5.69. The first-order valence-corrected chi connectivity index (χ1v) is 7.60. The number of rotatable bonds is 7. The molecule has 1 aliphatic carbocycles. The molecule has 1 heterocycles. The summed E-state index contributed by atoms with van der Waals surface area (Å²) in [5.74, 6) is 3.30. The van der Waals surface area contributed by atoms with E-state index < -0.39 is 0 Å². The van der Waals surface area contributed by atoms with E-state index in [2.05, 4.69) is 13.8 Å². The average molecular weight is 278 g/mol. The lowest BCUT2D eigenvalue weighted by Crippen LogP contribution is -2.36. The lowest BCUT2D eigenvalue weighted by Gasteiger charge is -2.21. The molecule has 1 aromatic heterocycles. The smallest absolute Gasteiger partial charge is 0.227 e. The second-order valence-corrected chi connectivity index (χ2v) is 6.04. The molecule has 4 heteroatoms. The van der Waals surface area contributed by atoms with Crippen LogP contribution in [-0.4, -0.2) is 24.4 Å². The highest BCUT2D eigenvalue weighted by Crippen LogP contribution is 2.47. The quantitative estimate of drug-likeness (QED) is 0.834. The van der Waals surface area contributed by atoms with Gasteiger partial charge in [0.05, 0.1) is 12.5 Å². The molecule has 3 unspecified atom stereocenters. The minimum absolute atomic E-state index is 0.0668. The van der Waals surface area contributed by atoms with Crippen LogP contribution < -0.4 is 5.73 Å². The van der Waals surface area contributed by atoms with E-state index in [1.54, 1.807) is 4.90 Å². The second-order valence-electron chi connectivity index (χ2n) is 6.04. The summed E-state index contributed by atoms with van der Waals surface area (Å²) in [6, 6.07) is 4.04. The van der Waals surface area contributed by atoms with E-state index in [1.807, 2.05) is 19.2 Å². The molecule has 4 nitrogen and oxygen atoms in total. The molecule has 2 N–H and O–H groups in total. The number of hydrogen-bond acceptors (Lipinski definition) is 3. The predicted octanol–water partition coefficient (Wildman–Crippen LogP) is 2.74. The van der Waals surface area contributed by atoms with Crippen LogP contribution in [0.3, 0.4) is 0 Å². The molecule has 1 fully saturated rings. The number of carbonyl (C=O) groups is 1. The summed E-state index contributed by atoms with van der Waals surface area (Å²) in [7, 11) is 1.82. The van der Waals surface area contributed by atoms with Crippen molar-refractivity contribution < 1.29 is 9.21 Å². The van der Waals surface area contributed by atoms with Crippen molar-refractivity contribution in [3.8, 4) is 0 Å². The Balaban J connectivity index is 1.91. The zero-order chi connectivity index (χ0) is 14.7.